The van der Waals surface area contributed by atoms with E-state index in [1.54, 1.807) is 0 Å². The fourth-order valence-corrected chi connectivity index (χ4v) is 4.97. The van der Waals surface area contributed by atoms with Gasteiger partial charge in [-0.3, -0.25) is 4.99 Å². The first-order chi connectivity index (χ1) is 14.7. The summed E-state index contributed by atoms with van der Waals surface area (Å²) in [4.78, 5) is 8.63. The topological polar surface area (TPSA) is 28.1 Å². The van der Waals surface area contributed by atoms with Gasteiger partial charge in [-0.25, -0.2) is 0 Å². The van der Waals surface area contributed by atoms with Gasteiger partial charge in [-0.2, -0.15) is 0 Å². The molecule has 0 saturated carbocycles. The SMILES string of the molecule is CCC1=N/C(=C(\c2ccc(CC)[nH]2)c2c3ccccc3c(Br)c3ccccc23)C=C1. The van der Waals surface area contributed by atoms with Crippen LogP contribution in [0.2, 0.25) is 0 Å². The zero-order chi connectivity index (χ0) is 20.7. The Morgan fingerprint density at radius 3 is 1.97 bits per heavy atom. The molecule has 0 unspecified atom stereocenters. The number of aliphatic imine (C=N–C) groups is 1. The van der Waals surface area contributed by atoms with Crippen LogP contribution in [-0.2, 0) is 6.42 Å². The van der Waals surface area contributed by atoms with Crippen molar-refractivity contribution in [3.63, 3.8) is 0 Å². The Hall–Kier alpha value is -2.91. The van der Waals surface area contributed by atoms with Crippen molar-refractivity contribution in [1.82, 2.24) is 4.98 Å². The van der Waals surface area contributed by atoms with Crippen molar-refractivity contribution in [2.75, 3.05) is 0 Å². The van der Waals surface area contributed by atoms with Crippen molar-refractivity contribution in [2.24, 2.45) is 4.99 Å². The van der Waals surface area contributed by atoms with E-state index in [1.807, 2.05) is 0 Å². The summed E-state index contributed by atoms with van der Waals surface area (Å²) in [7, 11) is 0. The molecule has 5 rings (SSSR count). The number of nitrogens with zero attached hydrogens (tertiary/aromatic N) is 1. The van der Waals surface area contributed by atoms with E-state index in [-0.39, 0.29) is 0 Å². The number of rotatable bonds is 4. The second kappa shape index (κ2) is 7.73. The maximum Gasteiger partial charge on any atom is 0.0733 e. The number of halogens is 1. The average molecular weight is 455 g/mol. The molecule has 1 N–H and O–H groups in total. The van der Waals surface area contributed by atoms with E-state index in [0.29, 0.717) is 0 Å². The number of hydrogen-bond acceptors (Lipinski definition) is 1. The zero-order valence-corrected chi connectivity index (χ0v) is 18.8. The molecule has 0 saturated heterocycles. The summed E-state index contributed by atoms with van der Waals surface area (Å²) >= 11 is 3.88. The van der Waals surface area contributed by atoms with Crippen LogP contribution in [0, 0.1) is 0 Å². The molecule has 1 aromatic heterocycles. The Labute approximate surface area is 185 Å². The van der Waals surface area contributed by atoms with Crippen molar-refractivity contribution < 1.29 is 0 Å². The molecule has 0 bridgehead atoms. The number of nitrogens with one attached hydrogen (secondary N) is 1. The zero-order valence-electron chi connectivity index (χ0n) is 17.2. The number of allylic oxidation sites excluding steroid dienone is 2. The van der Waals surface area contributed by atoms with E-state index in [9.17, 15) is 0 Å². The highest BCUT2D eigenvalue weighted by Crippen LogP contribution is 2.43. The van der Waals surface area contributed by atoms with Gasteiger partial charge >= 0.3 is 0 Å². The van der Waals surface area contributed by atoms with Gasteiger partial charge in [-0.1, -0.05) is 62.4 Å². The number of benzene rings is 3. The molecule has 30 heavy (non-hydrogen) atoms. The van der Waals surface area contributed by atoms with Gasteiger partial charge in [0, 0.05) is 32.7 Å². The molecule has 2 heterocycles. The van der Waals surface area contributed by atoms with Gasteiger partial charge in [-0.05, 0) is 74.6 Å². The van der Waals surface area contributed by atoms with Crippen LogP contribution in [0.3, 0.4) is 0 Å². The highest BCUT2D eigenvalue weighted by atomic mass is 79.9. The van der Waals surface area contributed by atoms with E-state index in [2.05, 4.69) is 108 Å². The van der Waals surface area contributed by atoms with Crippen molar-refractivity contribution in [2.45, 2.75) is 26.7 Å². The molecule has 1 aliphatic heterocycles. The second-order valence-electron chi connectivity index (χ2n) is 7.58. The number of hydrogen-bond donors (Lipinski definition) is 1. The lowest BCUT2D eigenvalue weighted by Gasteiger charge is -2.17. The van der Waals surface area contributed by atoms with Crippen LogP contribution in [0.1, 0.15) is 37.2 Å². The maximum atomic E-state index is 4.98. The first-order valence-corrected chi connectivity index (χ1v) is 11.3. The number of aromatic amines is 1. The van der Waals surface area contributed by atoms with E-state index in [1.165, 1.54) is 32.8 Å². The summed E-state index contributed by atoms with van der Waals surface area (Å²) in [6.07, 6.45) is 6.21. The Kier molecular flexibility index (Phi) is 4.92. The maximum absolute atomic E-state index is 4.98. The van der Waals surface area contributed by atoms with Crippen molar-refractivity contribution in [3.05, 3.63) is 99.9 Å². The van der Waals surface area contributed by atoms with Gasteiger partial charge in [0.2, 0.25) is 0 Å². The van der Waals surface area contributed by atoms with Crippen molar-refractivity contribution in [3.8, 4) is 0 Å². The van der Waals surface area contributed by atoms with Crippen molar-refractivity contribution in [1.29, 1.82) is 0 Å². The number of aryl methyl sites for hydroxylation is 1. The minimum absolute atomic E-state index is 0.931. The van der Waals surface area contributed by atoms with Gasteiger partial charge in [0.15, 0.2) is 0 Å². The predicted octanol–water partition coefficient (Wildman–Crippen LogP) is 7.83. The molecular formula is C27H23BrN2. The first kappa shape index (κ1) is 19.1. The Morgan fingerprint density at radius 2 is 1.43 bits per heavy atom. The monoisotopic (exact) mass is 454 g/mol. The van der Waals surface area contributed by atoms with Crippen LogP contribution >= 0.6 is 15.9 Å². The molecule has 4 aromatic rings. The van der Waals surface area contributed by atoms with Crippen LogP contribution in [0.4, 0.5) is 0 Å². The van der Waals surface area contributed by atoms with E-state index < -0.39 is 0 Å². The van der Waals surface area contributed by atoms with Crippen LogP contribution in [-0.4, -0.2) is 10.7 Å². The van der Waals surface area contributed by atoms with Gasteiger partial charge in [-0.15, -0.1) is 0 Å². The molecule has 0 radical (unpaired) electrons. The fraction of sp³-hybridized carbons (Fsp3) is 0.148. The minimum atomic E-state index is 0.931. The van der Waals surface area contributed by atoms with Gasteiger partial charge in [0.1, 0.15) is 0 Å². The second-order valence-corrected chi connectivity index (χ2v) is 8.37. The molecule has 0 amide bonds. The number of aromatic nitrogens is 1. The normalized spacial score (nSPS) is 15.2. The smallest absolute Gasteiger partial charge is 0.0733 e. The Balaban J connectivity index is 1.95. The lowest BCUT2D eigenvalue weighted by molar-refractivity contribution is 1.06. The summed E-state index contributed by atoms with van der Waals surface area (Å²) in [6.45, 7) is 4.33. The molecule has 3 heteroatoms. The Bertz CT molecular complexity index is 1310. The third-order valence-corrected chi connectivity index (χ3v) is 6.68. The fourth-order valence-electron chi connectivity index (χ4n) is 4.28. The highest BCUT2D eigenvalue weighted by Gasteiger charge is 2.21. The number of fused-ring (bicyclic) bond motifs is 2. The molecule has 148 valence electrons. The van der Waals surface area contributed by atoms with E-state index >= 15 is 0 Å². The first-order valence-electron chi connectivity index (χ1n) is 10.5. The molecule has 3 aromatic carbocycles. The van der Waals surface area contributed by atoms with E-state index in [4.69, 9.17) is 4.99 Å². The molecule has 2 nitrogen and oxygen atoms in total. The van der Waals surface area contributed by atoms with Gasteiger partial charge < -0.3 is 4.98 Å². The molecule has 0 spiro atoms. The number of H-pyrrole nitrogens is 1. The summed E-state index contributed by atoms with van der Waals surface area (Å²) in [5.74, 6) is 0. The third kappa shape index (κ3) is 3.05. The molecular weight excluding hydrogens is 432 g/mol. The largest absolute Gasteiger partial charge is 0.358 e. The third-order valence-electron chi connectivity index (χ3n) is 5.83. The standard InChI is InChI=1S/C27H23BrN2/c1-3-17-13-15-23(29-17)26(24-16-14-18(4-2)30-24)25-19-9-5-7-11-21(19)27(28)22-12-8-6-10-20(22)25/h5-16,29H,3-4H2,1-2H3/b26-24+. The summed E-state index contributed by atoms with van der Waals surface area (Å²) in [5.41, 5.74) is 6.88. The summed E-state index contributed by atoms with van der Waals surface area (Å²) in [5, 5.41) is 4.89. The quantitative estimate of drug-likeness (QED) is 0.304. The summed E-state index contributed by atoms with van der Waals surface area (Å²) < 4.78 is 1.14. The molecule has 0 atom stereocenters. The van der Waals surface area contributed by atoms with Crippen LogP contribution in [0.15, 0.2) is 88.0 Å². The van der Waals surface area contributed by atoms with Gasteiger partial charge in [0.05, 0.1) is 5.70 Å². The predicted molar refractivity (Wildman–Crippen MR) is 132 cm³/mol. The van der Waals surface area contributed by atoms with Crippen LogP contribution in [0.5, 0.6) is 0 Å². The lowest BCUT2D eigenvalue weighted by Crippen LogP contribution is -1.97. The van der Waals surface area contributed by atoms with Crippen molar-refractivity contribution >= 4 is 48.8 Å². The molecule has 0 aliphatic carbocycles. The Morgan fingerprint density at radius 1 is 0.800 bits per heavy atom. The van der Waals surface area contributed by atoms with Gasteiger partial charge in [0.25, 0.3) is 0 Å². The highest BCUT2D eigenvalue weighted by molar-refractivity contribution is 9.10. The lowest BCUT2D eigenvalue weighted by atomic mass is 9.89. The van der Waals surface area contributed by atoms with Crippen LogP contribution < -0.4 is 0 Å². The average Bonchev–Trinajstić information content (AvgIpc) is 3.46. The molecule has 0 fully saturated rings. The van der Waals surface area contributed by atoms with E-state index in [0.717, 1.165) is 40.0 Å². The summed E-state index contributed by atoms with van der Waals surface area (Å²) in [6, 6.07) is 21.6. The van der Waals surface area contributed by atoms with Crippen LogP contribution in [0.25, 0.3) is 27.1 Å². The molecule has 1 aliphatic rings. The minimum Gasteiger partial charge on any atom is -0.358 e.